The van der Waals surface area contributed by atoms with Crippen molar-refractivity contribution in [2.45, 2.75) is 44.9 Å². The summed E-state index contributed by atoms with van der Waals surface area (Å²) in [5.74, 6) is 0. The summed E-state index contributed by atoms with van der Waals surface area (Å²) in [6.45, 7) is 9.44. The van der Waals surface area contributed by atoms with Crippen LogP contribution in [0.25, 0.3) is 5.69 Å². The third kappa shape index (κ3) is 2.20. The van der Waals surface area contributed by atoms with E-state index in [1.54, 1.807) is 0 Å². The number of aryl methyl sites for hydroxylation is 1. The first kappa shape index (κ1) is 15.5. The lowest BCUT2D eigenvalue weighted by molar-refractivity contribution is -0.681. The second kappa shape index (κ2) is 4.86. The van der Waals surface area contributed by atoms with Gasteiger partial charge < -0.3 is 0 Å². The quantitative estimate of drug-likeness (QED) is 0.522. The van der Waals surface area contributed by atoms with Crippen LogP contribution < -0.4 is 4.57 Å². The fraction of sp³-hybridized carbons (Fsp3) is 0.471. The minimum Gasteiger partial charge on any atom is -0.236 e. The maximum absolute atomic E-state index is 2.37. The summed E-state index contributed by atoms with van der Waals surface area (Å²) in [6.07, 6.45) is 3.43. The van der Waals surface area contributed by atoms with Gasteiger partial charge in [0.05, 0.1) is 7.05 Å². The highest BCUT2D eigenvalue weighted by atomic mass is 127. The van der Waals surface area contributed by atoms with Crippen LogP contribution >= 0.6 is 24.0 Å². The predicted octanol–water partition coefficient (Wildman–Crippen LogP) is 3.88. The molecule has 108 valence electrons. The van der Waals surface area contributed by atoms with Gasteiger partial charge in [-0.05, 0) is 18.6 Å². The molecule has 1 aliphatic carbocycles. The molecular weight excluding hydrogens is 359 g/mol. The molecule has 3 rings (SSSR count). The normalized spacial score (nSPS) is 18.4. The van der Waals surface area contributed by atoms with E-state index in [-0.39, 0.29) is 34.8 Å². The van der Waals surface area contributed by atoms with Gasteiger partial charge >= 0.3 is 0 Å². The molecule has 0 radical (unpaired) electrons. The molecule has 1 aromatic heterocycles. The first-order valence-electron chi connectivity index (χ1n) is 7.00. The van der Waals surface area contributed by atoms with E-state index in [0.29, 0.717) is 0 Å². The largest absolute Gasteiger partial charge is 0.249 e. The number of benzene rings is 1. The lowest BCUT2D eigenvalue weighted by Gasteiger charge is -2.21. The molecule has 2 nitrogen and oxygen atoms in total. The summed E-state index contributed by atoms with van der Waals surface area (Å²) in [7, 11) is 2.17. The van der Waals surface area contributed by atoms with E-state index in [0.717, 1.165) is 0 Å². The number of imidazole rings is 1. The monoisotopic (exact) mass is 383 g/mol. The Balaban J connectivity index is 0.00000147. The van der Waals surface area contributed by atoms with Crippen molar-refractivity contribution in [2.75, 3.05) is 0 Å². The number of para-hydroxylation sites is 1. The van der Waals surface area contributed by atoms with Crippen molar-refractivity contribution in [2.24, 2.45) is 7.05 Å². The summed E-state index contributed by atoms with van der Waals surface area (Å²) >= 11 is 0. The number of rotatable bonds is 1. The van der Waals surface area contributed by atoms with Crippen LogP contribution in [0.4, 0.5) is 0 Å². The standard InChI is InChI=1S/C17H23N2.HI/c1-16(2)11-17(3,4)15-14(16)18(5)12-19(15)13-9-7-6-8-10-13;/h6-10,12H,11H2,1-5H3;1H/q+1;. The van der Waals surface area contributed by atoms with Crippen LogP contribution in [0.1, 0.15) is 45.5 Å². The van der Waals surface area contributed by atoms with Crippen LogP contribution in [0.2, 0.25) is 0 Å². The maximum atomic E-state index is 2.37. The highest BCUT2D eigenvalue weighted by Crippen LogP contribution is 2.48. The van der Waals surface area contributed by atoms with Crippen LogP contribution in [-0.2, 0) is 17.9 Å². The molecule has 0 bridgehead atoms. The predicted molar refractivity (Wildman–Crippen MR) is 93.0 cm³/mol. The van der Waals surface area contributed by atoms with E-state index in [1.807, 2.05) is 0 Å². The Bertz CT molecular complexity index is 624. The third-order valence-corrected chi connectivity index (χ3v) is 4.31. The van der Waals surface area contributed by atoms with Crippen molar-refractivity contribution in [3.05, 3.63) is 48.0 Å². The minimum atomic E-state index is 0. The summed E-state index contributed by atoms with van der Waals surface area (Å²) < 4.78 is 4.67. The van der Waals surface area contributed by atoms with E-state index in [2.05, 4.69) is 80.5 Å². The third-order valence-electron chi connectivity index (χ3n) is 4.31. The highest BCUT2D eigenvalue weighted by molar-refractivity contribution is 14.0. The molecule has 0 amide bonds. The summed E-state index contributed by atoms with van der Waals surface area (Å²) in [5, 5.41) is 0. The molecule has 0 atom stereocenters. The van der Waals surface area contributed by atoms with Gasteiger partial charge in [0.25, 0.3) is 0 Å². The molecule has 3 heteroatoms. The van der Waals surface area contributed by atoms with Crippen LogP contribution in [0.5, 0.6) is 0 Å². The van der Waals surface area contributed by atoms with Crippen molar-refractivity contribution in [1.29, 1.82) is 0 Å². The van der Waals surface area contributed by atoms with E-state index in [9.17, 15) is 0 Å². The Hall–Kier alpha value is -0.840. The Labute approximate surface area is 138 Å². The van der Waals surface area contributed by atoms with Crippen molar-refractivity contribution >= 4 is 24.0 Å². The van der Waals surface area contributed by atoms with Gasteiger partial charge in [0, 0.05) is 10.8 Å². The van der Waals surface area contributed by atoms with Crippen molar-refractivity contribution < 1.29 is 4.57 Å². The molecule has 0 aliphatic heterocycles. The van der Waals surface area contributed by atoms with Gasteiger partial charge in [0.15, 0.2) is 11.4 Å². The first-order valence-corrected chi connectivity index (χ1v) is 7.00. The average Bonchev–Trinajstić information content (AvgIpc) is 2.76. The smallest absolute Gasteiger partial charge is 0.236 e. The zero-order chi connectivity index (χ0) is 13.8. The van der Waals surface area contributed by atoms with Gasteiger partial charge in [0.2, 0.25) is 6.33 Å². The van der Waals surface area contributed by atoms with Crippen LogP contribution in [0.15, 0.2) is 36.7 Å². The molecule has 0 saturated heterocycles. The molecule has 1 heterocycles. The zero-order valence-electron chi connectivity index (χ0n) is 13.0. The van der Waals surface area contributed by atoms with Crippen molar-refractivity contribution in [3.63, 3.8) is 0 Å². The Morgan fingerprint density at radius 2 is 1.60 bits per heavy atom. The Morgan fingerprint density at radius 3 is 2.20 bits per heavy atom. The number of fused-ring (bicyclic) bond motifs is 1. The van der Waals surface area contributed by atoms with Gasteiger partial charge in [-0.3, -0.25) is 0 Å². The zero-order valence-corrected chi connectivity index (χ0v) is 15.3. The minimum absolute atomic E-state index is 0. The van der Waals surface area contributed by atoms with Gasteiger partial charge in [-0.15, -0.1) is 24.0 Å². The van der Waals surface area contributed by atoms with Gasteiger partial charge in [0.1, 0.15) is 5.69 Å². The van der Waals surface area contributed by atoms with E-state index in [1.165, 1.54) is 23.5 Å². The molecule has 2 aromatic rings. The van der Waals surface area contributed by atoms with Crippen LogP contribution in [-0.4, -0.2) is 4.57 Å². The fourth-order valence-electron chi connectivity index (χ4n) is 4.07. The van der Waals surface area contributed by atoms with Crippen molar-refractivity contribution in [1.82, 2.24) is 4.57 Å². The van der Waals surface area contributed by atoms with Crippen molar-refractivity contribution in [3.8, 4) is 5.69 Å². The Kier molecular flexibility index (Phi) is 3.78. The summed E-state index contributed by atoms with van der Waals surface area (Å²) in [6, 6.07) is 10.6. The molecule has 0 unspecified atom stereocenters. The molecular formula is C17H24IN2+. The number of nitrogens with zero attached hydrogens (tertiary/aromatic N) is 2. The average molecular weight is 383 g/mol. The number of hydrogen-bond donors (Lipinski definition) is 0. The van der Waals surface area contributed by atoms with Gasteiger partial charge in [-0.25, -0.2) is 4.57 Å². The van der Waals surface area contributed by atoms with E-state index < -0.39 is 0 Å². The topological polar surface area (TPSA) is 8.81 Å². The number of aromatic nitrogens is 2. The molecule has 1 aliphatic rings. The SMILES string of the molecule is C[n+]1cn(-c2ccccc2)c2c1C(C)(C)CC2(C)C.I. The Morgan fingerprint density at radius 1 is 1.00 bits per heavy atom. The number of hydrogen-bond acceptors (Lipinski definition) is 0. The van der Waals surface area contributed by atoms with Gasteiger partial charge in [-0.1, -0.05) is 45.9 Å². The molecule has 20 heavy (non-hydrogen) atoms. The van der Waals surface area contributed by atoms with Crippen LogP contribution in [0, 0.1) is 0 Å². The lowest BCUT2D eigenvalue weighted by atomic mass is 9.82. The maximum Gasteiger partial charge on any atom is 0.249 e. The number of halogens is 1. The van der Waals surface area contributed by atoms with Gasteiger partial charge in [-0.2, -0.15) is 4.57 Å². The van der Waals surface area contributed by atoms with E-state index in [4.69, 9.17) is 0 Å². The molecule has 0 spiro atoms. The molecule has 0 fully saturated rings. The second-order valence-corrected chi connectivity index (χ2v) is 7.07. The summed E-state index contributed by atoms with van der Waals surface area (Å²) in [4.78, 5) is 0. The fourth-order valence-corrected chi connectivity index (χ4v) is 4.07. The molecule has 1 aromatic carbocycles. The molecule has 0 saturated carbocycles. The lowest BCUT2D eigenvalue weighted by Crippen LogP contribution is -2.36. The first-order chi connectivity index (χ1) is 8.83. The van der Waals surface area contributed by atoms with Crippen LogP contribution in [0.3, 0.4) is 0 Å². The highest BCUT2D eigenvalue weighted by Gasteiger charge is 2.51. The second-order valence-electron chi connectivity index (χ2n) is 7.07. The summed E-state index contributed by atoms with van der Waals surface area (Å²) in [5.41, 5.74) is 4.65. The molecule has 0 N–H and O–H groups in total. The van der Waals surface area contributed by atoms with E-state index >= 15 is 0 Å².